The number of carbonyl (C=O) groups is 1. The van der Waals surface area contributed by atoms with Gasteiger partial charge in [-0.1, -0.05) is 18.2 Å². The molecule has 0 saturated carbocycles. The molecule has 3 rings (SSSR count). The van der Waals surface area contributed by atoms with Crippen LogP contribution < -0.4 is 5.01 Å². The Kier molecular flexibility index (Phi) is 2.54. The van der Waals surface area contributed by atoms with Gasteiger partial charge >= 0.3 is 0 Å². The fourth-order valence-electron chi connectivity index (χ4n) is 2.90. The van der Waals surface area contributed by atoms with Crippen LogP contribution in [0.3, 0.4) is 0 Å². The Bertz CT molecular complexity index is 444. The van der Waals surface area contributed by atoms with Gasteiger partial charge in [-0.05, 0) is 37.8 Å². The Morgan fingerprint density at radius 1 is 1.24 bits per heavy atom. The highest BCUT2D eigenvalue weighted by molar-refractivity contribution is 5.80. The molecule has 1 aromatic carbocycles. The zero-order valence-corrected chi connectivity index (χ0v) is 10.2. The molecule has 2 aliphatic heterocycles. The lowest BCUT2D eigenvalue weighted by Gasteiger charge is -2.42. The number of fused-ring (bicyclic) bond motifs is 1. The van der Waals surface area contributed by atoms with Gasteiger partial charge in [0.05, 0.1) is 5.69 Å². The van der Waals surface area contributed by atoms with Gasteiger partial charge in [-0.2, -0.15) is 0 Å². The number of anilines is 1. The maximum absolute atomic E-state index is 11.9. The molecule has 2 aliphatic rings. The summed E-state index contributed by atoms with van der Waals surface area (Å²) in [6.07, 6.45) is 3.94. The molecule has 3 nitrogen and oxygen atoms in total. The van der Waals surface area contributed by atoms with Crippen LogP contribution in [0.5, 0.6) is 0 Å². The van der Waals surface area contributed by atoms with Gasteiger partial charge in [0, 0.05) is 19.0 Å². The smallest absolute Gasteiger partial charge is 0.241 e. The number of hydrazine groups is 1. The molecule has 1 aromatic rings. The average molecular weight is 230 g/mol. The first kappa shape index (κ1) is 10.6. The highest BCUT2D eigenvalue weighted by atomic mass is 16.2. The van der Waals surface area contributed by atoms with Gasteiger partial charge in [0.25, 0.3) is 0 Å². The van der Waals surface area contributed by atoms with Crippen LogP contribution >= 0.6 is 0 Å². The third-order valence-electron chi connectivity index (χ3n) is 3.80. The SMILES string of the molecule is C[C@@H]1CCc2ccccc2N1N1CCCC1=O. The summed E-state index contributed by atoms with van der Waals surface area (Å²) < 4.78 is 0. The Morgan fingerprint density at radius 3 is 2.82 bits per heavy atom. The summed E-state index contributed by atoms with van der Waals surface area (Å²) in [5.41, 5.74) is 2.59. The minimum Gasteiger partial charge on any atom is -0.280 e. The van der Waals surface area contributed by atoms with Crippen LogP contribution in [0.15, 0.2) is 24.3 Å². The van der Waals surface area contributed by atoms with Gasteiger partial charge in [0.2, 0.25) is 5.91 Å². The summed E-state index contributed by atoms with van der Waals surface area (Å²) in [6.45, 7) is 3.08. The Morgan fingerprint density at radius 2 is 2.06 bits per heavy atom. The topological polar surface area (TPSA) is 23.6 Å². The van der Waals surface area contributed by atoms with Crippen LogP contribution in [0.1, 0.15) is 31.7 Å². The molecule has 0 spiro atoms. The fraction of sp³-hybridized carbons (Fsp3) is 0.500. The van der Waals surface area contributed by atoms with Crippen LogP contribution in [0.4, 0.5) is 5.69 Å². The predicted molar refractivity (Wildman–Crippen MR) is 67.7 cm³/mol. The Hall–Kier alpha value is -1.51. The quantitative estimate of drug-likeness (QED) is 0.739. The minimum absolute atomic E-state index is 0.272. The van der Waals surface area contributed by atoms with Crippen molar-refractivity contribution in [2.45, 2.75) is 38.6 Å². The summed E-state index contributed by atoms with van der Waals surface area (Å²) in [5.74, 6) is 0.272. The van der Waals surface area contributed by atoms with Crippen molar-refractivity contribution in [2.24, 2.45) is 0 Å². The van der Waals surface area contributed by atoms with Crippen molar-refractivity contribution in [3.8, 4) is 0 Å². The molecule has 1 amide bonds. The minimum atomic E-state index is 0.272. The van der Waals surface area contributed by atoms with E-state index >= 15 is 0 Å². The number of hydrogen-bond acceptors (Lipinski definition) is 2. The molecule has 0 radical (unpaired) electrons. The number of para-hydroxylation sites is 1. The van der Waals surface area contributed by atoms with Crippen molar-refractivity contribution >= 4 is 11.6 Å². The van der Waals surface area contributed by atoms with Gasteiger partial charge < -0.3 is 0 Å². The van der Waals surface area contributed by atoms with E-state index in [-0.39, 0.29) is 5.91 Å². The lowest BCUT2D eigenvalue weighted by atomic mass is 9.98. The van der Waals surface area contributed by atoms with Crippen molar-refractivity contribution in [1.82, 2.24) is 5.01 Å². The standard InChI is InChI=1S/C14H18N2O/c1-11-8-9-12-5-2-3-6-13(12)16(11)15-10-4-7-14(15)17/h2-3,5-6,11H,4,7-10H2,1H3/t11-/m1/s1. The number of aryl methyl sites for hydroxylation is 1. The largest absolute Gasteiger partial charge is 0.280 e. The molecule has 0 N–H and O–H groups in total. The number of carbonyl (C=O) groups excluding carboxylic acids is 1. The van der Waals surface area contributed by atoms with E-state index in [0.717, 1.165) is 25.8 Å². The van der Waals surface area contributed by atoms with Gasteiger partial charge in [-0.15, -0.1) is 0 Å². The zero-order chi connectivity index (χ0) is 11.8. The number of hydrogen-bond donors (Lipinski definition) is 0. The molecular weight excluding hydrogens is 212 g/mol. The van der Waals surface area contributed by atoms with E-state index < -0.39 is 0 Å². The molecule has 0 aliphatic carbocycles. The van der Waals surface area contributed by atoms with E-state index in [1.807, 2.05) is 5.01 Å². The lowest BCUT2D eigenvalue weighted by Crippen LogP contribution is -2.50. The second kappa shape index (κ2) is 4.06. The molecule has 90 valence electrons. The van der Waals surface area contributed by atoms with Gasteiger partial charge in [-0.25, -0.2) is 0 Å². The second-order valence-corrected chi connectivity index (χ2v) is 4.98. The van der Waals surface area contributed by atoms with Crippen LogP contribution in [-0.2, 0) is 11.2 Å². The molecule has 2 heterocycles. The number of benzene rings is 1. The fourth-order valence-corrected chi connectivity index (χ4v) is 2.90. The number of amides is 1. The summed E-state index contributed by atoms with van der Waals surface area (Å²) in [7, 11) is 0. The van der Waals surface area contributed by atoms with Crippen molar-refractivity contribution in [3.63, 3.8) is 0 Å². The number of nitrogens with zero attached hydrogens (tertiary/aromatic N) is 2. The van der Waals surface area contributed by atoms with Gasteiger partial charge in [0.1, 0.15) is 0 Å². The number of rotatable bonds is 1. The third-order valence-corrected chi connectivity index (χ3v) is 3.80. The van der Waals surface area contributed by atoms with Crippen molar-refractivity contribution < 1.29 is 4.79 Å². The average Bonchev–Trinajstić information content (AvgIpc) is 2.75. The molecule has 1 atom stereocenters. The van der Waals surface area contributed by atoms with E-state index in [0.29, 0.717) is 12.5 Å². The molecule has 0 aromatic heterocycles. The van der Waals surface area contributed by atoms with Crippen molar-refractivity contribution in [2.75, 3.05) is 11.6 Å². The van der Waals surface area contributed by atoms with E-state index in [1.54, 1.807) is 0 Å². The summed E-state index contributed by atoms with van der Waals surface area (Å²) in [4.78, 5) is 11.9. The van der Waals surface area contributed by atoms with Gasteiger partial charge in [-0.3, -0.25) is 14.8 Å². The molecule has 0 unspecified atom stereocenters. The second-order valence-electron chi connectivity index (χ2n) is 4.98. The first-order chi connectivity index (χ1) is 8.27. The Labute approximate surface area is 102 Å². The van der Waals surface area contributed by atoms with Crippen LogP contribution in [0, 0.1) is 0 Å². The molecule has 0 bridgehead atoms. The van der Waals surface area contributed by atoms with E-state index in [4.69, 9.17) is 0 Å². The zero-order valence-electron chi connectivity index (χ0n) is 10.2. The van der Waals surface area contributed by atoms with Crippen LogP contribution in [0.2, 0.25) is 0 Å². The molecule has 1 fully saturated rings. The van der Waals surface area contributed by atoms with Crippen molar-refractivity contribution in [3.05, 3.63) is 29.8 Å². The molecular formula is C14H18N2O. The summed E-state index contributed by atoms with van der Waals surface area (Å²) in [6, 6.07) is 8.88. The maximum atomic E-state index is 11.9. The predicted octanol–water partition coefficient (Wildman–Crippen LogP) is 2.37. The highest BCUT2D eigenvalue weighted by Crippen LogP contribution is 2.33. The Balaban J connectivity index is 2.00. The van der Waals surface area contributed by atoms with Crippen LogP contribution in [-0.4, -0.2) is 23.5 Å². The first-order valence-electron chi connectivity index (χ1n) is 6.45. The van der Waals surface area contributed by atoms with E-state index in [9.17, 15) is 4.79 Å². The van der Waals surface area contributed by atoms with E-state index in [2.05, 4.69) is 36.2 Å². The normalized spacial score (nSPS) is 24.1. The first-order valence-corrected chi connectivity index (χ1v) is 6.45. The highest BCUT2D eigenvalue weighted by Gasteiger charge is 2.32. The summed E-state index contributed by atoms with van der Waals surface area (Å²) >= 11 is 0. The van der Waals surface area contributed by atoms with Gasteiger partial charge in [0.15, 0.2) is 0 Å². The monoisotopic (exact) mass is 230 g/mol. The van der Waals surface area contributed by atoms with Crippen molar-refractivity contribution in [1.29, 1.82) is 0 Å². The maximum Gasteiger partial charge on any atom is 0.241 e. The van der Waals surface area contributed by atoms with Crippen LogP contribution in [0.25, 0.3) is 0 Å². The molecule has 1 saturated heterocycles. The molecule has 17 heavy (non-hydrogen) atoms. The molecule has 3 heteroatoms. The van der Waals surface area contributed by atoms with E-state index in [1.165, 1.54) is 11.3 Å². The summed E-state index contributed by atoms with van der Waals surface area (Å²) in [5, 5.41) is 4.16. The third kappa shape index (κ3) is 1.70. The lowest BCUT2D eigenvalue weighted by molar-refractivity contribution is -0.128.